The van der Waals surface area contributed by atoms with Gasteiger partial charge in [0.05, 0.1) is 35.5 Å². The van der Waals surface area contributed by atoms with Gasteiger partial charge in [-0.15, -0.1) is 0 Å². The first-order valence-corrected chi connectivity index (χ1v) is 10.0. The van der Waals surface area contributed by atoms with Gasteiger partial charge in [-0.25, -0.2) is 9.07 Å². The molecular formula is C23H22ClFN4O. The van der Waals surface area contributed by atoms with Gasteiger partial charge in [0.1, 0.15) is 11.0 Å². The smallest absolute Gasteiger partial charge is 0.259 e. The van der Waals surface area contributed by atoms with Gasteiger partial charge < -0.3 is 4.90 Å². The molecule has 0 saturated heterocycles. The lowest BCUT2D eigenvalue weighted by molar-refractivity contribution is 0.0701. The third-order valence-corrected chi connectivity index (χ3v) is 5.50. The highest BCUT2D eigenvalue weighted by molar-refractivity contribution is 6.33. The quantitative estimate of drug-likeness (QED) is 0.551. The van der Waals surface area contributed by atoms with Crippen LogP contribution >= 0.6 is 11.6 Å². The van der Waals surface area contributed by atoms with Crippen molar-refractivity contribution in [1.82, 2.24) is 14.7 Å². The van der Waals surface area contributed by atoms with E-state index in [0.29, 0.717) is 29.9 Å². The molecule has 0 aliphatic heterocycles. The second kappa shape index (κ2) is 9.10. The number of nitrogens with zero attached hydrogens (tertiary/aromatic N) is 4. The molecule has 0 aliphatic rings. The number of benzene rings is 2. The van der Waals surface area contributed by atoms with E-state index in [1.54, 1.807) is 40.8 Å². The van der Waals surface area contributed by atoms with E-state index in [2.05, 4.69) is 11.2 Å². The second-order valence-corrected chi connectivity index (χ2v) is 7.39. The van der Waals surface area contributed by atoms with E-state index in [-0.39, 0.29) is 22.9 Å². The molecule has 5 nitrogen and oxygen atoms in total. The predicted molar refractivity (Wildman–Crippen MR) is 114 cm³/mol. The maximum Gasteiger partial charge on any atom is 0.259 e. The van der Waals surface area contributed by atoms with E-state index in [1.807, 2.05) is 26.0 Å². The fraction of sp³-hybridized carbons (Fsp3) is 0.261. The summed E-state index contributed by atoms with van der Waals surface area (Å²) in [5.41, 5.74) is 3.23. The summed E-state index contributed by atoms with van der Waals surface area (Å²) < 4.78 is 14.7. The van der Waals surface area contributed by atoms with Crippen molar-refractivity contribution in [3.8, 4) is 6.07 Å². The van der Waals surface area contributed by atoms with Gasteiger partial charge in [0, 0.05) is 6.54 Å². The van der Waals surface area contributed by atoms with Crippen LogP contribution < -0.4 is 0 Å². The van der Waals surface area contributed by atoms with Gasteiger partial charge in [0.15, 0.2) is 0 Å². The third kappa shape index (κ3) is 4.37. The summed E-state index contributed by atoms with van der Waals surface area (Å²) in [7, 11) is 0. The van der Waals surface area contributed by atoms with E-state index in [9.17, 15) is 9.18 Å². The molecule has 1 amide bonds. The largest absolute Gasteiger partial charge is 0.332 e. The molecule has 1 atom stereocenters. The second-order valence-electron chi connectivity index (χ2n) is 7.04. The van der Waals surface area contributed by atoms with Crippen LogP contribution in [0.3, 0.4) is 0 Å². The van der Waals surface area contributed by atoms with Crippen molar-refractivity contribution >= 4 is 17.5 Å². The van der Waals surface area contributed by atoms with E-state index < -0.39 is 0 Å². The normalized spacial score (nSPS) is 11.7. The Bertz CT molecular complexity index is 1080. The van der Waals surface area contributed by atoms with Crippen molar-refractivity contribution in [1.29, 1.82) is 5.26 Å². The summed E-state index contributed by atoms with van der Waals surface area (Å²) in [6.07, 6.45) is 0. The Morgan fingerprint density at radius 3 is 2.43 bits per heavy atom. The van der Waals surface area contributed by atoms with E-state index >= 15 is 0 Å². The van der Waals surface area contributed by atoms with E-state index in [4.69, 9.17) is 16.9 Å². The maximum atomic E-state index is 13.4. The highest BCUT2D eigenvalue weighted by atomic mass is 35.5. The minimum Gasteiger partial charge on any atom is -0.332 e. The Hall–Kier alpha value is -3.17. The number of aryl methyl sites for hydroxylation is 1. The fourth-order valence-electron chi connectivity index (χ4n) is 3.42. The van der Waals surface area contributed by atoms with Crippen molar-refractivity contribution in [3.05, 3.63) is 87.4 Å². The van der Waals surface area contributed by atoms with Gasteiger partial charge in [0.2, 0.25) is 0 Å². The molecule has 1 heterocycles. The number of nitriles is 1. The number of amides is 1. The summed E-state index contributed by atoms with van der Waals surface area (Å²) in [6.45, 7) is 6.42. The zero-order chi connectivity index (χ0) is 21.8. The highest BCUT2D eigenvalue weighted by Crippen LogP contribution is 2.27. The molecule has 30 heavy (non-hydrogen) atoms. The molecule has 154 valence electrons. The van der Waals surface area contributed by atoms with Gasteiger partial charge in [-0.2, -0.15) is 10.4 Å². The zero-order valence-electron chi connectivity index (χ0n) is 17.1. The number of halogens is 2. The first kappa shape index (κ1) is 21.5. The van der Waals surface area contributed by atoms with Crippen molar-refractivity contribution in [3.63, 3.8) is 0 Å². The van der Waals surface area contributed by atoms with Gasteiger partial charge in [0.25, 0.3) is 5.91 Å². The third-order valence-electron chi connectivity index (χ3n) is 5.12. The van der Waals surface area contributed by atoms with Crippen LogP contribution in [0.15, 0.2) is 48.5 Å². The Balaban J connectivity index is 1.87. The number of rotatable bonds is 6. The number of aromatic nitrogens is 2. The lowest BCUT2D eigenvalue weighted by Gasteiger charge is -2.28. The SMILES string of the molecule is CCN(C(=O)c1c(C)nn(Cc2ccc(F)cc2)c1Cl)C(C)c1ccc(C#N)cc1. The summed E-state index contributed by atoms with van der Waals surface area (Å²) in [5, 5.41) is 13.7. The molecule has 0 fully saturated rings. The number of carbonyl (C=O) groups excluding carboxylic acids is 1. The van der Waals surface area contributed by atoms with Crippen molar-refractivity contribution in [2.24, 2.45) is 0 Å². The molecular weight excluding hydrogens is 403 g/mol. The van der Waals surface area contributed by atoms with Crippen LogP contribution in [0.5, 0.6) is 0 Å². The van der Waals surface area contributed by atoms with Crippen LogP contribution in [0, 0.1) is 24.1 Å². The van der Waals surface area contributed by atoms with Crippen molar-refractivity contribution in [2.75, 3.05) is 6.54 Å². The van der Waals surface area contributed by atoms with Gasteiger partial charge in [-0.1, -0.05) is 35.9 Å². The van der Waals surface area contributed by atoms with Gasteiger partial charge in [-0.05, 0) is 56.2 Å². The zero-order valence-corrected chi connectivity index (χ0v) is 17.8. The first-order chi connectivity index (χ1) is 14.3. The van der Waals surface area contributed by atoms with Gasteiger partial charge in [-0.3, -0.25) is 4.79 Å². The highest BCUT2D eigenvalue weighted by Gasteiger charge is 2.28. The average molecular weight is 425 g/mol. The van der Waals surface area contributed by atoms with Crippen molar-refractivity contribution in [2.45, 2.75) is 33.4 Å². The monoisotopic (exact) mass is 424 g/mol. The van der Waals surface area contributed by atoms with Crippen molar-refractivity contribution < 1.29 is 9.18 Å². The molecule has 0 bridgehead atoms. The molecule has 0 spiro atoms. The molecule has 1 aromatic heterocycles. The summed E-state index contributed by atoms with van der Waals surface area (Å²) >= 11 is 6.54. The molecule has 0 N–H and O–H groups in total. The Morgan fingerprint density at radius 2 is 1.87 bits per heavy atom. The van der Waals surface area contributed by atoms with E-state index in [0.717, 1.165) is 11.1 Å². The van der Waals surface area contributed by atoms with E-state index in [1.165, 1.54) is 12.1 Å². The van der Waals surface area contributed by atoms with Crippen LogP contribution in [0.1, 0.15) is 52.6 Å². The maximum absolute atomic E-state index is 13.4. The molecule has 7 heteroatoms. The topological polar surface area (TPSA) is 61.9 Å². The van der Waals surface area contributed by atoms with Crippen LogP contribution in [0.2, 0.25) is 5.15 Å². The van der Waals surface area contributed by atoms with Crippen LogP contribution in [-0.2, 0) is 6.54 Å². The fourth-order valence-corrected chi connectivity index (χ4v) is 3.73. The molecule has 0 radical (unpaired) electrons. The predicted octanol–water partition coefficient (Wildman–Crippen LogP) is 5.13. The lowest BCUT2D eigenvalue weighted by atomic mass is 10.0. The molecule has 0 saturated carbocycles. The van der Waals surface area contributed by atoms with Gasteiger partial charge >= 0.3 is 0 Å². The minimum atomic E-state index is -0.312. The summed E-state index contributed by atoms with van der Waals surface area (Å²) in [6, 6.07) is 15.2. The molecule has 0 aliphatic carbocycles. The molecule has 3 rings (SSSR count). The Kier molecular flexibility index (Phi) is 6.53. The molecule has 3 aromatic rings. The minimum absolute atomic E-state index is 0.203. The number of hydrogen-bond acceptors (Lipinski definition) is 3. The Labute approximate surface area is 180 Å². The lowest BCUT2D eigenvalue weighted by Crippen LogP contribution is -2.33. The molecule has 1 unspecified atom stereocenters. The number of hydrogen-bond donors (Lipinski definition) is 0. The van der Waals surface area contributed by atoms with Crippen LogP contribution in [0.4, 0.5) is 4.39 Å². The van der Waals surface area contributed by atoms with Crippen LogP contribution in [0.25, 0.3) is 0 Å². The standard InChI is InChI=1S/C23H22ClFN4O/c1-4-28(16(3)19-9-5-17(13-26)6-10-19)23(30)21-15(2)27-29(22(21)24)14-18-7-11-20(25)12-8-18/h5-12,16H,4,14H2,1-3H3. The molecule has 2 aromatic carbocycles. The first-order valence-electron chi connectivity index (χ1n) is 9.64. The summed E-state index contributed by atoms with van der Waals surface area (Å²) in [4.78, 5) is 15.1. The Morgan fingerprint density at radius 1 is 1.23 bits per heavy atom. The summed E-state index contributed by atoms with van der Waals surface area (Å²) in [5.74, 6) is -0.519. The number of carbonyl (C=O) groups is 1. The average Bonchev–Trinajstić information content (AvgIpc) is 3.03. The van der Waals surface area contributed by atoms with Crippen LogP contribution in [-0.4, -0.2) is 27.1 Å².